The Balaban J connectivity index is 1.51. The number of aromatic nitrogens is 1. The van der Waals surface area contributed by atoms with Crippen molar-refractivity contribution in [3.8, 4) is 5.88 Å². The summed E-state index contributed by atoms with van der Waals surface area (Å²) < 4.78 is 0. The van der Waals surface area contributed by atoms with Crippen LogP contribution in [0.5, 0.6) is 5.88 Å². The average Bonchev–Trinajstić information content (AvgIpc) is 3.01. The molecule has 1 saturated heterocycles. The Hall–Kier alpha value is -3.15. The van der Waals surface area contributed by atoms with Crippen molar-refractivity contribution in [2.75, 3.05) is 13.1 Å². The molecular weight excluding hydrogens is 340 g/mol. The number of hydrogen-bond donors (Lipinski definition) is 2. The van der Waals surface area contributed by atoms with Gasteiger partial charge in [-0.15, -0.1) is 5.11 Å². The van der Waals surface area contributed by atoms with E-state index in [4.69, 9.17) is 0 Å². The van der Waals surface area contributed by atoms with Crippen LogP contribution in [-0.2, 0) is 0 Å². The molecule has 2 aromatic carbocycles. The fourth-order valence-corrected chi connectivity index (χ4v) is 3.55. The molecule has 3 aromatic rings. The first-order valence-corrected chi connectivity index (χ1v) is 9.22. The highest BCUT2D eigenvalue weighted by atomic mass is 16.3. The van der Waals surface area contributed by atoms with Crippen LogP contribution in [0.25, 0.3) is 10.9 Å². The largest absolute Gasteiger partial charge is 0.493 e. The summed E-state index contributed by atoms with van der Waals surface area (Å²) in [5.74, 6) is 0.616. The van der Waals surface area contributed by atoms with Crippen molar-refractivity contribution in [3.05, 3.63) is 54.1 Å². The molecule has 2 heterocycles. The number of carbonyl (C=O) groups is 1. The third-order valence-corrected chi connectivity index (χ3v) is 4.98. The highest BCUT2D eigenvalue weighted by molar-refractivity contribution is 5.95. The molecule has 1 aromatic heterocycles. The maximum atomic E-state index is 12.6. The number of piperidine rings is 1. The molecule has 1 aliphatic rings. The van der Waals surface area contributed by atoms with Crippen molar-refractivity contribution >= 4 is 28.2 Å². The van der Waals surface area contributed by atoms with Crippen molar-refractivity contribution < 1.29 is 9.90 Å². The summed E-state index contributed by atoms with van der Waals surface area (Å²) in [5, 5.41) is 19.2. The summed E-state index contributed by atoms with van der Waals surface area (Å²) in [6, 6.07) is 14.6. The standard InChI is InChI=1S/C21H22N4O2/c1-14-5-4-12-25(13-14)21(27)15-8-10-16(11-9-15)23-24-19-17-6-2-3-7-18(17)22-20(19)26/h2-3,6-11,14,22,26H,4-5,12-13H2,1H3/t14-/m0/s1. The molecule has 1 aliphatic heterocycles. The van der Waals surface area contributed by atoms with Gasteiger partial charge in [0.05, 0.1) is 11.2 Å². The summed E-state index contributed by atoms with van der Waals surface area (Å²) in [6.45, 7) is 3.83. The minimum atomic E-state index is -0.00836. The lowest BCUT2D eigenvalue weighted by Crippen LogP contribution is -2.39. The van der Waals surface area contributed by atoms with Gasteiger partial charge < -0.3 is 15.0 Å². The van der Waals surface area contributed by atoms with E-state index in [1.807, 2.05) is 29.2 Å². The Bertz CT molecular complexity index is 991. The molecule has 0 radical (unpaired) electrons. The number of likely N-dealkylation sites (tertiary alicyclic amines) is 1. The van der Waals surface area contributed by atoms with E-state index in [0.717, 1.165) is 30.4 Å². The number of nitrogens with one attached hydrogen (secondary N) is 1. The van der Waals surface area contributed by atoms with Crippen LogP contribution in [-0.4, -0.2) is 34.0 Å². The summed E-state index contributed by atoms with van der Waals surface area (Å²) >= 11 is 0. The molecule has 0 spiro atoms. The molecule has 4 rings (SSSR count). The SMILES string of the molecule is C[C@H]1CCCN(C(=O)c2ccc(N=Nc3c(O)[nH]c4ccccc34)cc2)C1. The van der Waals surface area contributed by atoms with E-state index >= 15 is 0 Å². The van der Waals surface area contributed by atoms with Crippen LogP contribution in [0.15, 0.2) is 58.8 Å². The van der Waals surface area contributed by atoms with Crippen LogP contribution >= 0.6 is 0 Å². The second-order valence-electron chi connectivity index (χ2n) is 7.11. The average molecular weight is 362 g/mol. The Morgan fingerprint density at radius 2 is 1.93 bits per heavy atom. The number of fused-ring (bicyclic) bond motifs is 1. The molecule has 6 heteroatoms. The number of amides is 1. The minimum Gasteiger partial charge on any atom is -0.493 e. The highest BCUT2D eigenvalue weighted by Crippen LogP contribution is 2.36. The molecule has 0 aliphatic carbocycles. The quantitative estimate of drug-likeness (QED) is 0.631. The van der Waals surface area contributed by atoms with Gasteiger partial charge in [-0.3, -0.25) is 4.79 Å². The third kappa shape index (κ3) is 3.56. The van der Waals surface area contributed by atoms with E-state index in [9.17, 15) is 9.90 Å². The molecular formula is C21H22N4O2. The zero-order valence-electron chi connectivity index (χ0n) is 15.2. The molecule has 0 unspecified atom stereocenters. The molecule has 1 amide bonds. The number of aromatic amines is 1. The Kier molecular flexibility index (Phi) is 4.62. The van der Waals surface area contributed by atoms with Crippen molar-refractivity contribution in [1.82, 2.24) is 9.88 Å². The first kappa shape index (κ1) is 17.3. The normalized spacial score (nSPS) is 17.7. The number of H-pyrrole nitrogens is 1. The van der Waals surface area contributed by atoms with Crippen LogP contribution in [0.1, 0.15) is 30.1 Å². The van der Waals surface area contributed by atoms with Crippen LogP contribution < -0.4 is 0 Å². The van der Waals surface area contributed by atoms with Gasteiger partial charge in [0.1, 0.15) is 0 Å². The summed E-state index contributed by atoms with van der Waals surface area (Å²) in [7, 11) is 0. The first-order valence-electron chi connectivity index (χ1n) is 9.22. The van der Waals surface area contributed by atoms with E-state index in [0.29, 0.717) is 22.9 Å². The Morgan fingerprint density at radius 1 is 1.15 bits per heavy atom. The Labute approximate surface area is 157 Å². The number of rotatable bonds is 3. The highest BCUT2D eigenvalue weighted by Gasteiger charge is 2.21. The maximum absolute atomic E-state index is 12.6. The molecule has 0 bridgehead atoms. The zero-order chi connectivity index (χ0) is 18.8. The number of nitrogens with zero attached hydrogens (tertiary/aromatic N) is 3. The van der Waals surface area contributed by atoms with Crippen molar-refractivity contribution in [3.63, 3.8) is 0 Å². The first-order chi connectivity index (χ1) is 13.1. The summed E-state index contributed by atoms with van der Waals surface area (Å²) in [5.41, 5.74) is 2.51. The number of aromatic hydroxyl groups is 1. The van der Waals surface area contributed by atoms with Crippen molar-refractivity contribution in [1.29, 1.82) is 0 Å². The lowest BCUT2D eigenvalue weighted by molar-refractivity contribution is 0.0683. The number of benzene rings is 2. The number of azo groups is 1. The fourth-order valence-electron chi connectivity index (χ4n) is 3.55. The lowest BCUT2D eigenvalue weighted by Gasteiger charge is -2.31. The van der Waals surface area contributed by atoms with Crippen molar-refractivity contribution in [2.45, 2.75) is 19.8 Å². The van der Waals surface area contributed by atoms with Crippen LogP contribution in [0.2, 0.25) is 0 Å². The van der Waals surface area contributed by atoms with E-state index in [-0.39, 0.29) is 11.8 Å². The smallest absolute Gasteiger partial charge is 0.253 e. The van der Waals surface area contributed by atoms with Crippen LogP contribution in [0, 0.1) is 5.92 Å². The number of para-hydroxylation sites is 1. The van der Waals surface area contributed by atoms with Gasteiger partial charge >= 0.3 is 0 Å². The van der Waals surface area contributed by atoms with E-state index in [2.05, 4.69) is 22.1 Å². The molecule has 1 fully saturated rings. The molecule has 6 nitrogen and oxygen atoms in total. The monoisotopic (exact) mass is 362 g/mol. The number of hydrogen-bond acceptors (Lipinski definition) is 4. The topological polar surface area (TPSA) is 81.1 Å². The fraction of sp³-hybridized carbons (Fsp3) is 0.286. The number of carbonyl (C=O) groups excluding carboxylic acids is 1. The van der Waals surface area contributed by atoms with E-state index in [1.165, 1.54) is 6.42 Å². The van der Waals surface area contributed by atoms with Gasteiger partial charge in [-0.25, -0.2) is 0 Å². The minimum absolute atomic E-state index is 0.00836. The second-order valence-corrected chi connectivity index (χ2v) is 7.11. The molecule has 0 saturated carbocycles. The van der Waals surface area contributed by atoms with Crippen LogP contribution in [0.4, 0.5) is 11.4 Å². The summed E-state index contributed by atoms with van der Waals surface area (Å²) in [6.07, 6.45) is 2.25. The van der Waals surface area contributed by atoms with Crippen molar-refractivity contribution in [2.24, 2.45) is 16.1 Å². The van der Waals surface area contributed by atoms with E-state index in [1.54, 1.807) is 24.3 Å². The Morgan fingerprint density at radius 3 is 2.70 bits per heavy atom. The van der Waals surface area contributed by atoms with Gasteiger partial charge in [0.15, 0.2) is 5.69 Å². The third-order valence-electron chi connectivity index (χ3n) is 4.98. The van der Waals surface area contributed by atoms with Gasteiger partial charge in [-0.2, -0.15) is 5.11 Å². The maximum Gasteiger partial charge on any atom is 0.253 e. The zero-order valence-corrected chi connectivity index (χ0v) is 15.2. The van der Waals surface area contributed by atoms with E-state index < -0.39 is 0 Å². The molecule has 138 valence electrons. The predicted octanol–water partition coefficient (Wildman–Crippen LogP) is 5.16. The molecule has 2 N–H and O–H groups in total. The predicted molar refractivity (Wildman–Crippen MR) is 105 cm³/mol. The van der Waals surface area contributed by atoms with Gasteiger partial charge in [0, 0.05) is 24.0 Å². The van der Waals surface area contributed by atoms with Gasteiger partial charge in [-0.05, 0) is 49.1 Å². The molecule has 1 atom stereocenters. The second kappa shape index (κ2) is 7.23. The summed E-state index contributed by atoms with van der Waals surface area (Å²) in [4.78, 5) is 17.4. The van der Waals surface area contributed by atoms with Gasteiger partial charge in [-0.1, -0.05) is 25.1 Å². The van der Waals surface area contributed by atoms with Gasteiger partial charge in [0.2, 0.25) is 5.88 Å². The lowest BCUT2D eigenvalue weighted by atomic mass is 9.99. The van der Waals surface area contributed by atoms with Gasteiger partial charge in [0.25, 0.3) is 5.91 Å². The molecule has 27 heavy (non-hydrogen) atoms. The van der Waals surface area contributed by atoms with Crippen LogP contribution in [0.3, 0.4) is 0 Å².